The number of hydrogen-bond donors (Lipinski definition) is 1. The quantitative estimate of drug-likeness (QED) is 0.825. The number of aromatic nitrogens is 2. The number of aryl methyl sites for hydroxylation is 1. The molecule has 3 nitrogen and oxygen atoms in total. The maximum absolute atomic E-state index is 4.39. The second-order valence-electron chi connectivity index (χ2n) is 5.30. The molecule has 1 aromatic rings. The number of nitrogens with zero attached hydrogens (tertiary/aromatic N) is 2. The number of anilines is 1. The van der Waals surface area contributed by atoms with E-state index in [4.69, 9.17) is 0 Å². The van der Waals surface area contributed by atoms with Crippen LogP contribution in [0.4, 0.5) is 5.95 Å². The van der Waals surface area contributed by atoms with Gasteiger partial charge in [-0.25, -0.2) is 4.98 Å². The smallest absolute Gasteiger partial charge is 0.202 e. The van der Waals surface area contributed by atoms with Gasteiger partial charge in [0.15, 0.2) is 0 Å². The third-order valence-electron chi connectivity index (χ3n) is 3.88. The topological polar surface area (TPSA) is 29.9 Å². The van der Waals surface area contributed by atoms with Crippen LogP contribution < -0.4 is 5.32 Å². The number of imidazole rings is 1. The van der Waals surface area contributed by atoms with Gasteiger partial charge in [0.05, 0.1) is 0 Å². The molecule has 0 aliphatic heterocycles. The van der Waals surface area contributed by atoms with Crippen molar-refractivity contribution in [3.8, 4) is 0 Å². The molecule has 0 saturated heterocycles. The Bertz CT molecular complexity index is 335. The third kappa shape index (κ3) is 2.39. The van der Waals surface area contributed by atoms with Gasteiger partial charge in [-0.1, -0.05) is 25.7 Å². The summed E-state index contributed by atoms with van der Waals surface area (Å²) in [5.74, 6) is 2.05. The molecular formula is C13H21N3. The van der Waals surface area contributed by atoms with Crippen LogP contribution in [0, 0.1) is 5.92 Å². The van der Waals surface area contributed by atoms with Gasteiger partial charge >= 0.3 is 0 Å². The molecule has 16 heavy (non-hydrogen) atoms. The van der Waals surface area contributed by atoms with Crippen LogP contribution in [-0.2, 0) is 6.54 Å². The zero-order valence-electron chi connectivity index (χ0n) is 9.86. The predicted molar refractivity (Wildman–Crippen MR) is 65.4 cm³/mol. The molecule has 0 amide bonds. The van der Waals surface area contributed by atoms with Crippen LogP contribution in [0.3, 0.4) is 0 Å². The summed E-state index contributed by atoms with van der Waals surface area (Å²) < 4.78 is 2.29. The summed E-state index contributed by atoms with van der Waals surface area (Å²) in [6, 6.07) is 0.702. The molecule has 0 radical (unpaired) electrons. The van der Waals surface area contributed by atoms with Crippen molar-refractivity contribution in [2.24, 2.45) is 5.92 Å². The van der Waals surface area contributed by atoms with E-state index in [9.17, 15) is 0 Å². The van der Waals surface area contributed by atoms with E-state index in [1.165, 1.54) is 44.9 Å². The monoisotopic (exact) mass is 219 g/mol. The van der Waals surface area contributed by atoms with Gasteiger partial charge < -0.3 is 9.88 Å². The van der Waals surface area contributed by atoms with Crippen LogP contribution in [0.1, 0.15) is 44.9 Å². The number of nitrogens with one attached hydrogen (secondary N) is 1. The van der Waals surface area contributed by atoms with Crippen molar-refractivity contribution >= 4 is 5.95 Å². The van der Waals surface area contributed by atoms with Crippen molar-refractivity contribution in [1.29, 1.82) is 0 Å². The second-order valence-corrected chi connectivity index (χ2v) is 5.30. The van der Waals surface area contributed by atoms with E-state index in [2.05, 4.69) is 21.1 Å². The molecule has 0 atom stereocenters. The lowest BCUT2D eigenvalue weighted by Gasteiger charge is -2.12. The largest absolute Gasteiger partial charge is 0.353 e. The Morgan fingerprint density at radius 1 is 1.25 bits per heavy atom. The fraction of sp³-hybridized carbons (Fsp3) is 0.769. The van der Waals surface area contributed by atoms with Gasteiger partial charge in [0.25, 0.3) is 0 Å². The van der Waals surface area contributed by atoms with E-state index >= 15 is 0 Å². The molecule has 2 fully saturated rings. The normalized spacial score (nSPS) is 21.5. The average molecular weight is 219 g/mol. The fourth-order valence-electron chi connectivity index (χ4n) is 2.66. The first-order chi connectivity index (χ1) is 7.92. The first-order valence-corrected chi connectivity index (χ1v) is 6.69. The summed E-state index contributed by atoms with van der Waals surface area (Å²) in [6.45, 7) is 1.14. The molecule has 3 heteroatoms. The van der Waals surface area contributed by atoms with Crippen LogP contribution in [0.2, 0.25) is 0 Å². The molecule has 2 aliphatic rings. The average Bonchev–Trinajstić information content (AvgIpc) is 2.80. The molecule has 2 saturated carbocycles. The highest BCUT2D eigenvalue weighted by atomic mass is 15.2. The van der Waals surface area contributed by atoms with Crippen LogP contribution in [0.5, 0.6) is 0 Å². The van der Waals surface area contributed by atoms with Gasteiger partial charge in [0, 0.05) is 25.0 Å². The maximum Gasteiger partial charge on any atom is 0.202 e. The molecule has 0 bridgehead atoms. The van der Waals surface area contributed by atoms with Gasteiger partial charge in [-0.05, 0) is 25.2 Å². The van der Waals surface area contributed by atoms with Gasteiger partial charge in [0.2, 0.25) is 5.95 Å². The summed E-state index contributed by atoms with van der Waals surface area (Å²) in [7, 11) is 0. The fourth-order valence-corrected chi connectivity index (χ4v) is 2.66. The van der Waals surface area contributed by atoms with Gasteiger partial charge in [-0.3, -0.25) is 0 Å². The Hall–Kier alpha value is -0.990. The van der Waals surface area contributed by atoms with E-state index in [1.54, 1.807) is 0 Å². The van der Waals surface area contributed by atoms with Crippen LogP contribution in [-0.4, -0.2) is 15.6 Å². The van der Waals surface area contributed by atoms with Crippen LogP contribution in [0.25, 0.3) is 0 Å². The van der Waals surface area contributed by atoms with Crippen molar-refractivity contribution in [3.63, 3.8) is 0 Å². The Balaban J connectivity index is 1.53. The van der Waals surface area contributed by atoms with Crippen LogP contribution in [0.15, 0.2) is 12.4 Å². The SMILES string of the molecule is c1cn(CCC2CCCC2)c(NC2CC2)n1. The number of hydrogen-bond acceptors (Lipinski definition) is 2. The molecule has 1 aromatic heterocycles. The minimum absolute atomic E-state index is 0.702. The van der Waals surface area contributed by atoms with Crippen molar-refractivity contribution in [2.75, 3.05) is 5.32 Å². The molecule has 0 spiro atoms. The van der Waals surface area contributed by atoms with E-state index in [0.717, 1.165) is 18.4 Å². The maximum atomic E-state index is 4.39. The predicted octanol–water partition coefficient (Wildman–Crippen LogP) is 3.04. The second kappa shape index (κ2) is 4.48. The van der Waals surface area contributed by atoms with Crippen molar-refractivity contribution in [2.45, 2.75) is 57.5 Å². The highest BCUT2D eigenvalue weighted by molar-refractivity contribution is 5.29. The molecule has 2 aliphatic carbocycles. The Morgan fingerprint density at radius 3 is 2.81 bits per heavy atom. The Morgan fingerprint density at radius 2 is 2.06 bits per heavy atom. The van der Waals surface area contributed by atoms with Gasteiger partial charge in [-0.15, -0.1) is 0 Å². The molecule has 3 rings (SSSR count). The lowest BCUT2D eigenvalue weighted by atomic mass is 10.0. The Kier molecular flexibility index (Phi) is 2.85. The van der Waals surface area contributed by atoms with Crippen LogP contribution >= 0.6 is 0 Å². The highest BCUT2D eigenvalue weighted by Crippen LogP contribution is 2.29. The molecule has 0 unspecified atom stereocenters. The summed E-state index contributed by atoms with van der Waals surface area (Å²) in [5, 5.41) is 3.49. The Labute approximate surface area is 97.3 Å². The van der Waals surface area contributed by atoms with E-state index in [-0.39, 0.29) is 0 Å². The highest BCUT2D eigenvalue weighted by Gasteiger charge is 2.22. The van der Waals surface area contributed by atoms with Crippen molar-refractivity contribution in [1.82, 2.24) is 9.55 Å². The molecule has 88 valence electrons. The van der Waals surface area contributed by atoms with E-state index in [1.807, 2.05) is 6.20 Å². The summed E-state index contributed by atoms with van der Waals surface area (Å²) in [4.78, 5) is 4.39. The first-order valence-electron chi connectivity index (χ1n) is 6.69. The van der Waals surface area contributed by atoms with Crippen molar-refractivity contribution < 1.29 is 0 Å². The summed E-state index contributed by atoms with van der Waals surface area (Å²) in [5.41, 5.74) is 0. The molecule has 0 aromatic carbocycles. The summed E-state index contributed by atoms with van der Waals surface area (Å²) in [6.07, 6.45) is 13.8. The molecule has 1 N–H and O–H groups in total. The van der Waals surface area contributed by atoms with E-state index in [0.29, 0.717) is 6.04 Å². The zero-order chi connectivity index (χ0) is 10.8. The van der Waals surface area contributed by atoms with Gasteiger partial charge in [0.1, 0.15) is 0 Å². The standard InChI is InChI=1S/C13H21N3/c1-2-4-11(3-1)7-9-16-10-8-14-13(16)15-12-5-6-12/h8,10-12H,1-7,9H2,(H,14,15). The lowest BCUT2D eigenvalue weighted by molar-refractivity contribution is 0.459. The van der Waals surface area contributed by atoms with Crippen molar-refractivity contribution in [3.05, 3.63) is 12.4 Å². The third-order valence-corrected chi connectivity index (χ3v) is 3.88. The zero-order valence-corrected chi connectivity index (χ0v) is 9.86. The molecular weight excluding hydrogens is 198 g/mol. The first kappa shape index (κ1) is 10.2. The molecule has 1 heterocycles. The summed E-state index contributed by atoms with van der Waals surface area (Å²) >= 11 is 0. The van der Waals surface area contributed by atoms with Gasteiger partial charge in [-0.2, -0.15) is 0 Å². The minimum atomic E-state index is 0.702. The minimum Gasteiger partial charge on any atom is -0.353 e. The lowest BCUT2D eigenvalue weighted by Crippen LogP contribution is -2.10. The van der Waals surface area contributed by atoms with E-state index < -0.39 is 0 Å². The number of rotatable bonds is 5.